The molecule has 4 nitrogen and oxygen atoms in total. The van der Waals surface area contributed by atoms with Crippen molar-refractivity contribution in [3.63, 3.8) is 0 Å². The summed E-state index contributed by atoms with van der Waals surface area (Å²) in [4.78, 5) is 8.44. The van der Waals surface area contributed by atoms with Crippen molar-refractivity contribution in [1.82, 2.24) is 15.3 Å². The molecule has 1 N–H and O–H groups in total. The Kier molecular flexibility index (Phi) is 5.63. The highest BCUT2D eigenvalue weighted by Gasteiger charge is 2.04. The molecule has 0 unspecified atom stereocenters. The quantitative estimate of drug-likeness (QED) is 0.735. The SMILES string of the molecule is C=CCOc1ncc(CNCC(C)C)c(C)n1. The Morgan fingerprint density at radius 1 is 1.53 bits per heavy atom. The van der Waals surface area contributed by atoms with Gasteiger partial charge in [-0.2, -0.15) is 0 Å². The Hall–Kier alpha value is -1.42. The monoisotopic (exact) mass is 235 g/mol. The van der Waals surface area contributed by atoms with Crippen LogP contribution in [0.1, 0.15) is 25.1 Å². The van der Waals surface area contributed by atoms with Crippen molar-refractivity contribution in [2.75, 3.05) is 13.2 Å². The molecule has 0 spiro atoms. The van der Waals surface area contributed by atoms with E-state index >= 15 is 0 Å². The maximum absolute atomic E-state index is 5.27. The number of rotatable bonds is 7. The summed E-state index contributed by atoms with van der Waals surface area (Å²) in [7, 11) is 0. The number of aromatic nitrogens is 2. The van der Waals surface area contributed by atoms with E-state index in [4.69, 9.17) is 4.74 Å². The Morgan fingerprint density at radius 2 is 2.29 bits per heavy atom. The van der Waals surface area contributed by atoms with Crippen molar-refractivity contribution in [3.05, 3.63) is 30.1 Å². The van der Waals surface area contributed by atoms with E-state index in [1.54, 1.807) is 6.08 Å². The van der Waals surface area contributed by atoms with Gasteiger partial charge in [-0.3, -0.25) is 0 Å². The lowest BCUT2D eigenvalue weighted by atomic mass is 10.2. The Bertz CT molecular complexity index is 364. The zero-order valence-electron chi connectivity index (χ0n) is 10.9. The third-order valence-electron chi connectivity index (χ3n) is 2.26. The first-order chi connectivity index (χ1) is 8.13. The lowest BCUT2D eigenvalue weighted by Gasteiger charge is -2.09. The summed E-state index contributed by atoms with van der Waals surface area (Å²) in [6.45, 7) is 12.1. The smallest absolute Gasteiger partial charge is 0.316 e. The van der Waals surface area contributed by atoms with Crippen LogP contribution in [-0.4, -0.2) is 23.1 Å². The van der Waals surface area contributed by atoms with Gasteiger partial charge in [0.05, 0.1) is 0 Å². The summed E-state index contributed by atoms with van der Waals surface area (Å²) in [5, 5.41) is 3.37. The fraction of sp³-hybridized carbons (Fsp3) is 0.538. The number of nitrogens with zero attached hydrogens (tertiary/aromatic N) is 2. The lowest BCUT2D eigenvalue weighted by Crippen LogP contribution is -2.20. The van der Waals surface area contributed by atoms with Gasteiger partial charge < -0.3 is 10.1 Å². The van der Waals surface area contributed by atoms with Gasteiger partial charge in [-0.15, -0.1) is 0 Å². The highest BCUT2D eigenvalue weighted by Crippen LogP contribution is 2.08. The van der Waals surface area contributed by atoms with Crippen molar-refractivity contribution in [1.29, 1.82) is 0 Å². The lowest BCUT2D eigenvalue weighted by molar-refractivity contribution is 0.331. The second-order valence-electron chi connectivity index (χ2n) is 4.39. The van der Waals surface area contributed by atoms with E-state index in [9.17, 15) is 0 Å². The molecule has 0 aliphatic heterocycles. The van der Waals surface area contributed by atoms with Crippen LogP contribution in [0.25, 0.3) is 0 Å². The van der Waals surface area contributed by atoms with Crippen LogP contribution in [0.3, 0.4) is 0 Å². The molecule has 0 atom stereocenters. The van der Waals surface area contributed by atoms with Crippen LogP contribution >= 0.6 is 0 Å². The van der Waals surface area contributed by atoms with E-state index in [1.165, 1.54) is 0 Å². The predicted octanol–water partition coefficient (Wildman–Crippen LogP) is 2.10. The standard InChI is InChI=1S/C13H21N3O/c1-5-6-17-13-15-9-12(11(4)16-13)8-14-7-10(2)3/h5,9-10,14H,1,6-8H2,2-4H3. The van der Waals surface area contributed by atoms with E-state index in [-0.39, 0.29) is 0 Å². The number of aryl methyl sites for hydroxylation is 1. The third kappa shape index (κ3) is 4.95. The largest absolute Gasteiger partial charge is 0.459 e. The summed E-state index contributed by atoms with van der Waals surface area (Å²) >= 11 is 0. The van der Waals surface area contributed by atoms with Crippen molar-refractivity contribution in [3.8, 4) is 6.01 Å². The molecule has 0 radical (unpaired) electrons. The molecular weight excluding hydrogens is 214 g/mol. The molecule has 0 saturated carbocycles. The van der Waals surface area contributed by atoms with Crippen molar-refractivity contribution < 1.29 is 4.74 Å². The van der Waals surface area contributed by atoms with Crippen molar-refractivity contribution in [2.45, 2.75) is 27.3 Å². The summed E-state index contributed by atoms with van der Waals surface area (Å²) in [5.41, 5.74) is 2.06. The minimum atomic E-state index is 0.412. The molecule has 0 aliphatic rings. The molecule has 1 heterocycles. The minimum absolute atomic E-state index is 0.412. The number of nitrogens with one attached hydrogen (secondary N) is 1. The van der Waals surface area contributed by atoms with Gasteiger partial charge >= 0.3 is 6.01 Å². The summed E-state index contributed by atoms with van der Waals surface area (Å²) in [6, 6.07) is 0.412. The molecule has 0 saturated heterocycles. The van der Waals surface area contributed by atoms with Gasteiger partial charge in [0.15, 0.2) is 0 Å². The van der Waals surface area contributed by atoms with Gasteiger partial charge in [0.25, 0.3) is 0 Å². The molecule has 1 rings (SSSR count). The maximum atomic E-state index is 5.27. The van der Waals surface area contributed by atoms with E-state index in [0.29, 0.717) is 18.5 Å². The predicted molar refractivity (Wildman–Crippen MR) is 69.0 cm³/mol. The first kappa shape index (κ1) is 13.6. The molecular formula is C13H21N3O. The van der Waals surface area contributed by atoms with Gasteiger partial charge in [-0.25, -0.2) is 9.97 Å². The average Bonchev–Trinajstić information content (AvgIpc) is 2.28. The highest BCUT2D eigenvalue weighted by atomic mass is 16.5. The van der Waals surface area contributed by atoms with Gasteiger partial charge in [0, 0.05) is 24.0 Å². The maximum Gasteiger partial charge on any atom is 0.316 e. The fourth-order valence-electron chi connectivity index (χ4n) is 1.34. The molecule has 0 aliphatic carbocycles. The topological polar surface area (TPSA) is 47.0 Å². The molecule has 0 bridgehead atoms. The van der Waals surface area contributed by atoms with Gasteiger partial charge in [-0.05, 0) is 19.4 Å². The Labute approximate surface area is 103 Å². The molecule has 0 aromatic carbocycles. The average molecular weight is 235 g/mol. The van der Waals surface area contributed by atoms with Crippen molar-refractivity contribution >= 4 is 0 Å². The van der Waals surface area contributed by atoms with Gasteiger partial charge in [-0.1, -0.05) is 26.5 Å². The normalized spacial score (nSPS) is 10.6. The highest BCUT2D eigenvalue weighted by molar-refractivity contribution is 5.17. The zero-order valence-corrected chi connectivity index (χ0v) is 10.9. The van der Waals surface area contributed by atoms with E-state index < -0.39 is 0 Å². The molecule has 0 amide bonds. The van der Waals surface area contributed by atoms with Crippen molar-refractivity contribution in [2.24, 2.45) is 5.92 Å². The number of hydrogen-bond donors (Lipinski definition) is 1. The second kappa shape index (κ2) is 7.01. The van der Waals surface area contributed by atoms with Crippen LogP contribution in [0, 0.1) is 12.8 Å². The third-order valence-corrected chi connectivity index (χ3v) is 2.26. The van der Waals surface area contributed by atoms with Crippen LogP contribution in [-0.2, 0) is 6.54 Å². The van der Waals surface area contributed by atoms with Crippen LogP contribution in [0.15, 0.2) is 18.9 Å². The number of ether oxygens (including phenoxy) is 1. The molecule has 4 heteroatoms. The van der Waals surface area contributed by atoms with Crippen LogP contribution in [0.4, 0.5) is 0 Å². The first-order valence-corrected chi connectivity index (χ1v) is 5.90. The molecule has 1 aromatic rings. The van der Waals surface area contributed by atoms with Crippen LogP contribution < -0.4 is 10.1 Å². The van der Waals surface area contributed by atoms with E-state index in [2.05, 4.69) is 35.7 Å². The first-order valence-electron chi connectivity index (χ1n) is 5.90. The summed E-state index contributed by atoms with van der Waals surface area (Å²) in [5.74, 6) is 0.645. The molecule has 94 valence electrons. The molecule has 17 heavy (non-hydrogen) atoms. The van der Waals surface area contributed by atoms with E-state index in [1.807, 2.05) is 13.1 Å². The summed E-state index contributed by atoms with van der Waals surface area (Å²) in [6.07, 6.45) is 3.49. The van der Waals surface area contributed by atoms with Gasteiger partial charge in [0.1, 0.15) is 6.61 Å². The fourth-order valence-corrected chi connectivity index (χ4v) is 1.34. The molecule has 1 aromatic heterocycles. The summed E-state index contributed by atoms with van der Waals surface area (Å²) < 4.78 is 5.27. The van der Waals surface area contributed by atoms with E-state index in [0.717, 1.165) is 24.3 Å². The van der Waals surface area contributed by atoms with Gasteiger partial charge in [0.2, 0.25) is 0 Å². The van der Waals surface area contributed by atoms with Crippen LogP contribution in [0.5, 0.6) is 6.01 Å². The Balaban J connectivity index is 2.53. The van der Waals surface area contributed by atoms with Crippen LogP contribution in [0.2, 0.25) is 0 Å². The zero-order chi connectivity index (χ0) is 12.7. The minimum Gasteiger partial charge on any atom is -0.459 e. The second-order valence-corrected chi connectivity index (χ2v) is 4.39. The Morgan fingerprint density at radius 3 is 2.88 bits per heavy atom. The molecule has 0 fully saturated rings. The number of hydrogen-bond acceptors (Lipinski definition) is 4.